The van der Waals surface area contributed by atoms with Crippen LogP contribution in [0.3, 0.4) is 0 Å². The second-order valence-electron chi connectivity index (χ2n) is 6.72. The Balaban J connectivity index is 1.45. The summed E-state index contributed by atoms with van der Waals surface area (Å²) in [6.45, 7) is 0.227. The number of halogens is 3. The van der Waals surface area contributed by atoms with Crippen molar-refractivity contribution < 1.29 is 35.9 Å². The van der Waals surface area contributed by atoms with Crippen LogP contribution in [0.25, 0.3) is 0 Å². The molecule has 0 bridgehead atoms. The van der Waals surface area contributed by atoms with Crippen LogP contribution in [0.5, 0.6) is 5.75 Å². The largest absolute Gasteiger partial charge is 0.490 e. The molecule has 2 aromatic carbocycles. The number of hydrogen-bond donors (Lipinski definition) is 0. The highest BCUT2D eigenvalue weighted by Gasteiger charge is 2.33. The van der Waals surface area contributed by atoms with E-state index in [0.717, 1.165) is 16.4 Å². The zero-order chi connectivity index (χ0) is 21.7. The number of sulfonamides is 1. The molecule has 1 heterocycles. The predicted molar refractivity (Wildman–Crippen MR) is 101 cm³/mol. The summed E-state index contributed by atoms with van der Waals surface area (Å²) >= 11 is 0. The first kappa shape index (κ1) is 22.1. The lowest BCUT2D eigenvalue weighted by atomic mass is 9.98. The molecule has 0 atom stereocenters. The summed E-state index contributed by atoms with van der Waals surface area (Å²) in [6, 6.07) is 7.84. The Hall–Kier alpha value is -2.59. The lowest BCUT2D eigenvalue weighted by Crippen LogP contribution is -2.40. The Kier molecular flexibility index (Phi) is 6.99. The lowest BCUT2D eigenvalue weighted by Gasteiger charge is -2.30. The third-order valence-corrected chi connectivity index (χ3v) is 6.62. The molecule has 10 heteroatoms. The van der Waals surface area contributed by atoms with Crippen LogP contribution in [0.2, 0.25) is 0 Å². The standard InChI is InChI=1S/C20H20F3NO5S/c21-15-1-3-16(4-2-15)28-11-12-29-20(25)14-7-9-24(10-8-14)30(26,27)17-5-6-18(22)19(23)13-17/h1-6,13-14H,7-12H2. The maximum Gasteiger partial charge on any atom is 0.309 e. The van der Waals surface area contributed by atoms with E-state index in [4.69, 9.17) is 9.47 Å². The van der Waals surface area contributed by atoms with Gasteiger partial charge in [0.2, 0.25) is 10.0 Å². The average Bonchev–Trinajstić information content (AvgIpc) is 2.74. The predicted octanol–water partition coefficient (Wildman–Crippen LogP) is 3.13. The molecule has 3 rings (SSSR count). The highest BCUT2D eigenvalue weighted by Crippen LogP contribution is 2.25. The van der Waals surface area contributed by atoms with Gasteiger partial charge < -0.3 is 9.47 Å². The van der Waals surface area contributed by atoms with Crippen LogP contribution in [0.1, 0.15) is 12.8 Å². The van der Waals surface area contributed by atoms with Gasteiger partial charge in [0.25, 0.3) is 0 Å². The number of hydrogen-bond acceptors (Lipinski definition) is 5. The second kappa shape index (κ2) is 9.48. The molecule has 1 fully saturated rings. The molecule has 0 unspecified atom stereocenters. The molecular weight excluding hydrogens is 423 g/mol. The van der Waals surface area contributed by atoms with Crippen molar-refractivity contribution in [1.29, 1.82) is 0 Å². The van der Waals surface area contributed by atoms with Gasteiger partial charge in [-0.15, -0.1) is 0 Å². The highest BCUT2D eigenvalue weighted by molar-refractivity contribution is 7.89. The van der Waals surface area contributed by atoms with E-state index in [1.54, 1.807) is 0 Å². The number of nitrogens with zero attached hydrogens (tertiary/aromatic N) is 1. The van der Waals surface area contributed by atoms with Gasteiger partial charge >= 0.3 is 5.97 Å². The topological polar surface area (TPSA) is 72.9 Å². The molecule has 1 saturated heterocycles. The Labute approximate surface area is 172 Å². The summed E-state index contributed by atoms with van der Waals surface area (Å²) in [7, 11) is -3.98. The maximum atomic E-state index is 13.4. The molecule has 1 aliphatic rings. The minimum absolute atomic E-state index is 0.00355. The second-order valence-corrected chi connectivity index (χ2v) is 8.66. The van der Waals surface area contributed by atoms with Gasteiger partial charge in [0.05, 0.1) is 10.8 Å². The zero-order valence-electron chi connectivity index (χ0n) is 15.9. The van der Waals surface area contributed by atoms with Crippen molar-refractivity contribution in [1.82, 2.24) is 4.31 Å². The Morgan fingerprint density at radius 3 is 2.27 bits per heavy atom. The molecule has 0 saturated carbocycles. The van der Waals surface area contributed by atoms with Gasteiger partial charge in [-0.25, -0.2) is 21.6 Å². The van der Waals surface area contributed by atoms with Gasteiger partial charge in [0.15, 0.2) is 11.6 Å². The van der Waals surface area contributed by atoms with Crippen molar-refractivity contribution in [2.24, 2.45) is 5.92 Å². The van der Waals surface area contributed by atoms with Crippen LogP contribution in [0, 0.1) is 23.4 Å². The number of benzene rings is 2. The lowest BCUT2D eigenvalue weighted by molar-refractivity contribution is -0.150. The smallest absolute Gasteiger partial charge is 0.309 e. The summed E-state index contributed by atoms with van der Waals surface area (Å²) in [5.74, 6) is -3.22. The van der Waals surface area contributed by atoms with Crippen molar-refractivity contribution in [3.05, 3.63) is 59.9 Å². The minimum Gasteiger partial charge on any atom is -0.490 e. The Bertz CT molecular complexity index is 990. The van der Waals surface area contributed by atoms with Gasteiger partial charge in [-0.3, -0.25) is 4.79 Å². The van der Waals surface area contributed by atoms with Crippen molar-refractivity contribution in [3.8, 4) is 5.75 Å². The first-order valence-electron chi connectivity index (χ1n) is 9.27. The number of carbonyl (C=O) groups is 1. The number of esters is 1. The fraction of sp³-hybridized carbons (Fsp3) is 0.350. The molecule has 0 aliphatic carbocycles. The summed E-state index contributed by atoms with van der Waals surface area (Å²) in [5, 5.41) is 0. The van der Waals surface area contributed by atoms with Gasteiger partial charge in [0.1, 0.15) is 24.8 Å². The van der Waals surface area contributed by atoms with Crippen molar-refractivity contribution in [2.45, 2.75) is 17.7 Å². The summed E-state index contributed by atoms with van der Waals surface area (Å²) in [4.78, 5) is 11.8. The van der Waals surface area contributed by atoms with Gasteiger partial charge in [-0.05, 0) is 55.3 Å². The molecule has 0 N–H and O–H groups in total. The molecule has 6 nitrogen and oxygen atoms in total. The van der Waals surface area contributed by atoms with Crippen LogP contribution < -0.4 is 4.74 Å². The summed E-state index contributed by atoms with van der Waals surface area (Å²) in [5.41, 5.74) is 0. The van der Waals surface area contributed by atoms with Crippen LogP contribution in [-0.2, 0) is 19.6 Å². The van der Waals surface area contributed by atoms with Crippen LogP contribution >= 0.6 is 0 Å². The first-order chi connectivity index (χ1) is 14.3. The van der Waals surface area contributed by atoms with Gasteiger partial charge in [-0.2, -0.15) is 4.31 Å². The van der Waals surface area contributed by atoms with Crippen molar-refractivity contribution >= 4 is 16.0 Å². The van der Waals surface area contributed by atoms with E-state index >= 15 is 0 Å². The first-order valence-corrected chi connectivity index (χ1v) is 10.7. The SMILES string of the molecule is O=C(OCCOc1ccc(F)cc1)C1CCN(S(=O)(=O)c2ccc(F)c(F)c2)CC1. The Morgan fingerprint density at radius 1 is 0.967 bits per heavy atom. The van der Waals surface area contributed by atoms with Crippen LogP contribution in [0.15, 0.2) is 47.4 Å². The third-order valence-electron chi connectivity index (χ3n) is 4.73. The maximum absolute atomic E-state index is 13.4. The van der Waals surface area contributed by atoms with E-state index in [-0.39, 0.29) is 49.9 Å². The fourth-order valence-electron chi connectivity index (χ4n) is 3.07. The molecule has 0 spiro atoms. The molecule has 0 aromatic heterocycles. The van der Waals surface area contributed by atoms with E-state index < -0.39 is 33.5 Å². The highest BCUT2D eigenvalue weighted by atomic mass is 32.2. The normalized spacial score (nSPS) is 15.7. The van der Waals surface area contributed by atoms with Gasteiger partial charge in [-0.1, -0.05) is 0 Å². The van der Waals surface area contributed by atoms with E-state index in [2.05, 4.69) is 0 Å². The fourth-order valence-corrected chi connectivity index (χ4v) is 4.55. The van der Waals surface area contributed by atoms with Crippen LogP contribution in [-0.4, -0.2) is 45.0 Å². The quantitative estimate of drug-likeness (QED) is 0.486. The van der Waals surface area contributed by atoms with E-state index in [0.29, 0.717) is 11.8 Å². The van der Waals surface area contributed by atoms with Gasteiger partial charge in [0, 0.05) is 13.1 Å². The summed E-state index contributed by atoms with van der Waals surface area (Å²) < 4.78 is 76.0. The Morgan fingerprint density at radius 2 is 1.63 bits per heavy atom. The zero-order valence-corrected chi connectivity index (χ0v) is 16.7. The summed E-state index contributed by atoms with van der Waals surface area (Å²) in [6.07, 6.45) is 0.501. The monoisotopic (exact) mass is 443 g/mol. The number of piperidine rings is 1. The average molecular weight is 443 g/mol. The van der Waals surface area contributed by atoms with Crippen molar-refractivity contribution in [2.75, 3.05) is 26.3 Å². The van der Waals surface area contributed by atoms with E-state index in [1.165, 1.54) is 24.3 Å². The number of ether oxygens (including phenoxy) is 2. The third kappa shape index (κ3) is 5.31. The molecule has 162 valence electrons. The molecule has 1 aliphatic heterocycles. The molecule has 0 radical (unpaired) electrons. The van der Waals surface area contributed by atoms with E-state index in [1.807, 2.05) is 0 Å². The van der Waals surface area contributed by atoms with E-state index in [9.17, 15) is 26.4 Å². The molecule has 2 aromatic rings. The minimum atomic E-state index is -3.98. The molecule has 30 heavy (non-hydrogen) atoms. The number of rotatable bonds is 7. The van der Waals surface area contributed by atoms with Crippen molar-refractivity contribution in [3.63, 3.8) is 0 Å². The molecule has 0 amide bonds. The van der Waals surface area contributed by atoms with Crippen LogP contribution in [0.4, 0.5) is 13.2 Å². The number of carbonyl (C=O) groups excluding carboxylic acids is 1. The molecular formula is C20H20F3NO5S.